The summed E-state index contributed by atoms with van der Waals surface area (Å²) in [6.45, 7) is 6.50. The van der Waals surface area contributed by atoms with E-state index < -0.39 is 6.10 Å². The molecule has 0 aromatic heterocycles. The van der Waals surface area contributed by atoms with Crippen LogP contribution in [0.4, 0.5) is 0 Å². The monoisotopic (exact) mass is 288 g/mol. The highest BCUT2D eigenvalue weighted by Gasteiger charge is 2.21. The zero-order valence-corrected chi connectivity index (χ0v) is 13.0. The minimum absolute atomic E-state index is 0.0254. The van der Waals surface area contributed by atoms with Gasteiger partial charge in [-0.25, -0.2) is 0 Å². The molecule has 1 atom stereocenters. The maximum absolute atomic E-state index is 10.6. The second-order valence-corrected chi connectivity index (χ2v) is 6.62. The highest BCUT2D eigenvalue weighted by molar-refractivity contribution is 6.30. The smallest absolute Gasteiger partial charge is 0.0833 e. The summed E-state index contributed by atoms with van der Waals surface area (Å²) in [7, 11) is 0. The first-order chi connectivity index (χ1) is 9.38. The molecular weight excluding hydrogens is 268 g/mol. The molecule has 0 saturated carbocycles. The van der Waals surface area contributed by atoms with Crippen molar-refractivity contribution in [1.82, 2.24) is 0 Å². The lowest BCUT2D eigenvalue weighted by Gasteiger charge is -2.25. The average molecular weight is 289 g/mol. The summed E-state index contributed by atoms with van der Waals surface area (Å²) in [4.78, 5) is 0. The predicted octanol–water partition coefficient (Wildman–Crippen LogP) is 4.91. The van der Waals surface area contributed by atoms with E-state index in [1.807, 2.05) is 42.5 Å². The van der Waals surface area contributed by atoms with Gasteiger partial charge in [-0.2, -0.15) is 0 Å². The SMILES string of the molecule is CC(C)(C)c1ccccc1C(O)Cc1ccc(Cl)cc1. The van der Waals surface area contributed by atoms with E-state index >= 15 is 0 Å². The van der Waals surface area contributed by atoms with Gasteiger partial charge in [-0.1, -0.05) is 68.8 Å². The van der Waals surface area contributed by atoms with Crippen molar-refractivity contribution in [2.45, 2.75) is 38.7 Å². The summed E-state index contributed by atoms with van der Waals surface area (Å²) in [5, 5.41) is 11.3. The number of hydrogen-bond acceptors (Lipinski definition) is 1. The van der Waals surface area contributed by atoms with Crippen LogP contribution in [0.5, 0.6) is 0 Å². The standard InChI is InChI=1S/C18H21ClO/c1-18(2,3)16-7-5-4-6-15(16)17(20)12-13-8-10-14(19)11-9-13/h4-11,17,20H,12H2,1-3H3. The first kappa shape index (κ1) is 15.1. The van der Waals surface area contributed by atoms with E-state index in [1.54, 1.807) is 0 Å². The van der Waals surface area contributed by atoms with Gasteiger partial charge in [0, 0.05) is 11.4 Å². The van der Waals surface area contributed by atoms with E-state index in [2.05, 4.69) is 26.8 Å². The molecule has 0 aliphatic carbocycles. The zero-order valence-electron chi connectivity index (χ0n) is 12.2. The molecule has 0 heterocycles. The molecule has 0 aliphatic rings. The molecule has 0 saturated heterocycles. The molecule has 20 heavy (non-hydrogen) atoms. The first-order valence-electron chi connectivity index (χ1n) is 6.90. The molecule has 0 radical (unpaired) electrons. The van der Waals surface area contributed by atoms with Crippen molar-refractivity contribution in [3.8, 4) is 0 Å². The van der Waals surface area contributed by atoms with E-state index in [0.29, 0.717) is 6.42 Å². The summed E-state index contributed by atoms with van der Waals surface area (Å²) < 4.78 is 0. The Labute approximate surface area is 126 Å². The van der Waals surface area contributed by atoms with Crippen molar-refractivity contribution in [1.29, 1.82) is 0 Å². The van der Waals surface area contributed by atoms with Gasteiger partial charge in [0.1, 0.15) is 0 Å². The lowest BCUT2D eigenvalue weighted by Crippen LogP contribution is -2.16. The van der Waals surface area contributed by atoms with E-state index in [0.717, 1.165) is 16.1 Å². The van der Waals surface area contributed by atoms with Crippen LogP contribution in [-0.2, 0) is 11.8 Å². The van der Waals surface area contributed by atoms with Crippen LogP contribution in [0, 0.1) is 0 Å². The topological polar surface area (TPSA) is 20.2 Å². The Kier molecular flexibility index (Phi) is 4.52. The Morgan fingerprint density at radius 3 is 2.20 bits per heavy atom. The second-order valence-electron chi connectivity index (χ2n) is 6.18. The number of halogens is 1. The molecule has 0 spiro atoms. The predicted molar refractivity (Wildman–Crippen MR) is 85.3 cm³/mol. The molecule has 1 nitrogen and oxygen atoms in total. The van der Waals surface area contributed by atoms with Crippen molar-refractivity contribution >= 4 is 11.6 Å². The van der Waals surface area contributed by atoms with E-state index in [4.69, 9.17) is 11.6 Å². The third kappa shape index (κ3) is 3.62. The number of aliphatic hydroxyl groups excluding tert-OH is 1. The van der Waals surface area contributed by atoms with Crippen LogP contribution in [0.3, 0.4) is 0 Å². The fraction of sp³-hybridized carbons (Fsp3) is 0.333. The zero-order chi connectivity index (χ0) is 14.8. The van der Waals surface area contributed by atoms with Crippen LogP contribution in [0.1, 0.15) is 43.6 Å². The van der Waals surface area contributed by atoms with Crippen molar-refractivity contribution in [2.24, 2.45) is 0 Å². The molecule has 1 unspecified atom stereocenters. The lowest BCUT2D eigenvalue weighted by molar-refractivity contribution is 0.176. The number of aliphatic hydroxyl groups is 1. The molecular formula is C18H21ClO. The van der Waals surface area contributed by atoms with Gasteiger partial charge in [0.25, 0.3) is 0 Å². The van der Waals surface area contributed by atoms with Gasteiger partial charge in [-0.05, 0) is 34.2 Å². The van der Waals surface area contributed by atoms with E-state index in [1.165, 1.54) is 5.56 Å². The van der Waals surface area contributed by atoms with E-state index in [9.17, 15) is 5.11 Å². The molecule has 0 bridgehead atoms. The Hall–Kier alpha value is -1.31. The molecule has 1 N–H and O–H groups in total. The van der Waals surface area contributed by atoms with Gasteiger partial charge in [0.05, 0.1) is 6.10 Å². The summed E-state index contributed by atoms with van der Waals surface area (Å²) >= 11 is 5.89. The summed E-state index contributed by atoms with van der Waals surface area (Å²) in [5.74, 6) is 0. The van der Waals surface area contributed by atoms with Crippen molar-refractivity contribution in [3.05, 3.63) is 70.2 Å². The number of hydrogen-bond donors (Lipinski definition) is 1. The van der Waals surface area contributed by atoms with Crippen LogP contribution in [0.15, 0.2) is 48.5 Å². The fourth-order valence-corrected chi connectivity index (χ4v) is 2.55. The number of benzene rings is 2. The first-order valence-corrected chi connectivity index (χ1v) is 7.27. The van der Waals surface area contributed by atoms with Gasteiger partial charge in [0.2, 0.25) is 0 Å². The van der Waals surface area contributed by atoms with Gasteiger partial charge in [-0.3, -0.25) is 0 Å². The van der Waals surface area contributed by atoms with Crippen LogP contribution in [-0.4, -0.2) is 5.11 Å². The van der Waals surface area contributed by atoms with Gasteiger partial charge < -0.3 is 5.11 Å². The van der Waals surface area contributed by atoms with Crippen LogP contribution >= 0.6 is 11.6 Å². The molecule has 0 fully saturated rings. The van der Waals surface area contributed by atoms with E-state index in [-0.39, 0.29) is 5.41 Å². The minimum Gasteiger partial charge on any atom is -0.388 e. The van der Waals surface area contributed by atoms with Crippen molar-refractivity contribution in [2.75, 3.05) is 0 Å². The minimum atomic E-state index is -0.494. The highest BCUT2D eigenvalue weighted by Crippen LogP contribution is 2.31. The fourth-order valence-electron chi connectivity index (χ4n) is 2.42. The largest absolute Gasteiger partial charge is 0.388 e. The highest BCUT2D eigenvalue weighted by atomic mass is 35.5. The molecule has 106 valence electrons. The normalized spacial score (nSPS) is 13.2. The third-order valence-electron chi connectivity index (χ3n) is 3.47. The molecule has 2 aromatic rings. The van der Waals surface area contributed by atoms with Crippen LogP contribution in [0.2, 0.25) is 5.02 Å². The molecule has 0 amide bonds. The third-order valence-corrected chi connectivity index (χ3v) is 3.72. The van der Waals surface area contributed by atoms with Gasteiger partial charge in [0.15, 0.2) is 0 Å². The van der Waals surface area contributed by atoms with Crippen molar-refractivity contribution < 1.29 is 5.11 Å². The van der Waals surface area contributed by atoms with Crippen molar-refractivity contribution in [3.63, 3.8) is 0 Å². The summed E-state index contributed by atoms with van der Waals surface area (Å²) in [6, 6.07) is 15.8. The molecule has 2 rings (SSSR count). The van der Waals surface area contributed by atoms with Gasteiger partial charge in [-0.15, -0.1) is 0 Å². The Morgan fingerprint density at radius 2 is 1.60 bits per heavy atom. The lowest BCUT2D eigenvalue weighted by atomic mass is 9.81. The van der Waals surface area contributed by atoms with Crippen LogP contribution < -0.4 is 0 Å². The maximum Gasteiger partial charge on any atom is 0.0833 e. The molecule has 0 aliphatic heterocycles. The van der Waals surface area contributed by atoms with Crippen LogP contribution in [0.25, 0.3) is 0 Å². The average Bonchev–Trinajstić information content (AvgIpc) is 2.40. The second kappa shape index (κ2) is 5.99. The summed E-state index contributed by atoms with van der Waals surface area (Å²) in [5.41, 5.74) is 3.32. The quantitative estimate of drug-likeness (QED) is 0.850. The number of rotatable bonds is 3. The van der Waals surface area contributed by atoms with Gasteiger partial charge >= 0.3 is 0 Å². The summed E-state index contributed by atoms with van der Waals surface area (Å²) in [6.07, 6.45) is 0.108. The Morgan fingerprint density at radius 1 is 1.00 bits per heavy atom. The Balaban J connectivity index is 2.25. The molecule has 2 heteroatoms. The Bertz CT molecular complexity index is 567. The molecule has 2 aromatic carbocycles. The maximum atomic E-state index is 10.6.